The van der Waals surface area contributed by atoms with Crippen LogP contribution in [0.3, 0.4) is 0 Å². The van der Waals surface area contributed by atoms with Crippen molar-refractivity contribution in [2.45, 2.75) is 25.5 Å². The average Bonchev–Trinajstić information content (AvgIpc) is 3.33. The van der Waals surface area contributed by atoms with Crippen LogP contribution in [0.1, 0.15) is 24.5 Å². The van der Waals surface area contributed by atoms with E-state index in [2.05, 4.69) is 10.1 Å². The molecule has 0 saturated carbocycles. The van der Waals surface area contributed by atoms with Crippen molar-refractivity contribution in [3.63, 3.8) is 0 Å². The Labute approximate surface area is 169 Å². The van der Waals surface area contributed by atoms with Crippen LogP contribution in [0.5, 0.6) is 0 Å². The van der Waals surface area contributed by atoms with E-state index in [1.165, 1.54) is 40.6 Å². The molecule has 2 heterocycles. The third kappa shape index (κ3) is 3.81. The van der Waals surface area contributed by atoms with Gasteiger partial charge in [0, 0.05) is 6.42 Å². The number of ether oxygens (including phenoxy) is 1. The van der Waals surface area contributed by atoms with E-state index in [0.29, 0.717) is 10.7 Å². The van der Waals surface area contributed by atoms with Crippen molar-refractivity contribution in [1.29, 1.82) is 0 Å². The number of halogens is 1. The molecule has 4 rings (SSSR count). The van der Waals surface area contributed by atoms with Crippen molar-refractivity contribution in [3.8, 4) is 0 Å². The third-order valence-electron chi connectivity index (χ3n) is 4.51. The molecule has 1 aliphatic rings. The maximum Gasteiger partial charge on any atom is 0.355 e. The molecule has 0 radical (unpaired) electrons. The van der Waals surface area contributed by atoms with Crippen LogP contribution in [0.15, 0.2) is 53.6 Å². The van der Waals surface area contributed by atoms with Crippen LogP contribution in [0.4, 0.5) is 10.1 Å². The molecule has 2 atom stereocenters. The molecule has 2 aromatic carbocycles. The number of rotatable bonds is 5. The summed E-state index contributed by atoms with van der Waals surface area (Å²) in [6.45, 7) is 1.73. The van der Waals surface area contributed by atoms with Crippen LogP contribution >= 0.6 is 11.3 Å². The highest BCUT2D eigenvalue weighted by Gasteiger charge is 2.36. The summed E-state index contributed by atoms with van der Waals surface area (Å²) in [6, 6.07) is 12.2. The number of amides is 1. The Bertz CT molecular complexity index is 1080. The monoisotopic (exact) mass is 412 g/mol. The Hall–Kier alpha value is -3.33. The second kappa shape index (κ2) is 7.59. The normalized spacial score (nSPS) is 17.2. The van der Waals surface area contributed by atoms with Crippen molar-refractivity contribution < 1.29 is 18.7 Å². The molecule has 1 aromatic heterocycles. The number of para-hydroxylation sites is 1. The number of benzene rings is 2. The summed E-state index contributed by atoms with van der Waals surface area (Å²) in [5.41, 5.74) is 6.83. The molecule has 0 unspecified atom stereocenters. The van der Waals surface area contributed by atoms with Crippen LogP contribution in [0.25, 0.3) is 10.2 Å². The minimum atomic E-state index is -0.847. The molecule has 0 aliphatic carbocycles. The molecule has 9 heteroatoms. The van der Waals surface area contributed by atoms with Gasteiger partial charge in [-0.3, -0.25) is 9.80 Å². The fourth-order valence-electron chi connectivity index (χ4n) is 3.03. The van der Waals surface area contributed by atoms with Gasteiger partial charge in [0.05, 0.1) is 15.9 Å². The zero-order valence-electron chi connectivity index (χ0n) is 15.4. The van der Waals surface area contributed by atoms with Gasteiger partial charge in [-0.2, -0.15) is 5.10 Å². The SMILES string of the molecule is C[C@H](OC(=O)C1=NN(c2ccc(F)cc2)[C@@H](C(N)=O)C1)c1nc2ccccc2s1. The summed E-state index contributed by atoms with van der Waals surface area (Å²) in [5.74, 6) is -1.70. The van der Waals surface area contributed by atoms with Crippen LogP contribution < -0.4 is 10.7 Å². The van der Waals surface area contributed by atoms with E-state index >= 15 is 0 Å². The topological polar surface area (TPSA) is 97.9 Å². The number of anilines is 1. The molecule has 0 fully saturated rings. The molecule has 148 valence electrons. The van der Waals surface area contributed by atoms with Crippen molar-refractivity contribution in [3.05, 3.63) is 59.4 Å². The van der Waals surface area contributed by atoms with Crippen LogP contribution in [-0.2, 0) is 14.3 Å². The zero-order valence-corrected chi connectivity index (χ0v) is 16.2. The molecule has 2 N–H and O–H groups in total. The first-order valence-corrected chi connectivity index (χ1v) is 9.72. The van der Waals surface area contributed by atoms with Gasteiger partial charge in [0.2, 0.25) is 5.91 Å². The molecule has 0 saturated heterocycles. The number of hydrogen-bond acceptors (Lipinski definition) is 7. The second-order valence-corrected chi connectivity index (χ2v) is 7.62. The molecular formula is C20H17FN4O3S. The summed E-state index contributed by atoms with van der Waals surface area (Å²) in [6.07, 6.45) is -0.563. The van der Waals surface area contributed by atoms with Gasteiger partial charge in [0.1, 0.15) is 22.6 Å². The standard InChI is InChI=1S/C20H17FN4O3S/c1-11(19-23-14-4-2-3-5-17(14)29-19)28-20(27)15-10-16(18(22)26)25(24-15)13-8-6-12(21)7-9-13/h2-9,11,16H,10H2,1H3,(H2,22,26)/t11-,16+/m0/s1. The Kier molecular flexibility index (Phi) is 4.98. The van der Waals surface area contributed by atoms with E-state index in [-0.39, 0.29) is 12.1 Å². The minimum absolute atomic E-state index is 0.0120. The van der Waals surface area contributed by atoms with Gasteiger partial charge in [-0.25, -0.2) is 14.2 Å². The summed E-state index contributed by atoms with van der Waals surface area (Å²) in [7, 11) is 0. The van der Waals surface area contributed by atoms with Crippen LogP contribution in [0, 0.1) is 5.82 Å². The highest BCUT2D eigenvalue weighted by Crippen LogP contribution is 2.29. The molecule has 0 spiro atoms. The van der Waals surface area contributed by atoms with Gasteiger partial charge in [-0.05, 0) is 43.3 Å². The Morgan fingerprint density at radius 3 is 2.66 bits per heavy atom. The molecule has 1 aliphatic heterocycles. The van der Waals surface area contributed by atoms with Crippen molar-refractivity contribution in [2.24, 2.45) is 10.8 Å². The van der Waals surface area contributed by atoms with E-state index in [1.807, 2.05) is 24.3 Å². The number of aromatic nitrogens is 1. The van der Waals surface area contributed by atoms with Crippen LogP contribution in [0.2, 0.25) is 0 Å². The van der Waals surface area contributed by atoms with Crippen LogP contribution in [-0.4, -0.2) is 28.6 Å². The van der Waals surface area contributed by atoms with Gasteiger partial charge < -0.3 is 10.5 Å². The summed E-state index contributed by atoms with van der Waals surface area (Å²) in [4.78, 5) is 29.0. The number of thiazole rings is 1. The zero-order chi connectivity index (χ0) is 20.5. The number of hydrogen-bond donors (Lipinski definition) is 1. The predicted molar refractivity (Wildman–Crippen MR) is 108 cm³/mol. The molecular weight excluding hydrogens is 395 g/mol. The smallest absolute Gasteiger partial charge is 0.355 e. The summed E-state index contributed by atoms with van der Waals surface area (Å²) >= 11 is 1.45. The van der Waals surface area contributed by atoms with Crippen molar-refractivity contribution >= 4 is 44.8 Å². The predicted octanol–water partition coefficient (Wildman–Crippen LogP) is 3.16. The van der Waals surface area contributed by atoms with Gasteiger partial charge in [0.15, 0.2) is 6.10 Å². The maximum absolute atomic E-state index is 13.2. The number of hydrazone groups is 1. The average molecular weight is 412 g/mol. The molecule has 7 nitrogen and oxygen atoms in total. The molecule has 0 bridgehead atoms. The first kappa shape index (κ1) is 19.0. The van der Waals surface area contributed by atoms with Crippen molar-refractivity contribution in [1.82, 2.24) is 4.98 Å². The first-order valence-electron chi connectivity index (χ1n) is 8.90. The number of esters is 1. The number of fused-ring (bicyclic) bond motifs is 1. The lowest BCUT2D eigenvalue weighted by atomic mass is 10.1. The number of carbonyl (C=O) groups excluding carboxylic acids is 2. The highest BCUT2D eigenvalue weighted by molar-refractivity contribution is 7.18. The third-order valence-corrected chi connectivity index (χ3v) is 5.71. The van der Waals surface area contributed by atoms with Crippen molar-refractivity contribution in [2.75, 3.05) is 5.01 Å². The Morgan fingerprint density at radius 2 is 1.97 bits per heavy atom. The van der Waals surface area contributed by atoms with E-state index in [4.69, 9.17) is 10.5 Å². The largest absolute Gasteiger partial charge is 0.451 e. The first-order chi connectivity index (χ1) is 13.9. The minimum Gasteiger partial charge on any atom is -0.451 e. The van der Waals surface area contributed by atoms with Gasteiger partial charge in [-0.1, -0.05) is 12.1 Å². The summed E-state index contributed by atoms with van der Waals surface area (Å²) in [5, 5.41) is 6.20. The van der Waals surface area contributed by atoms with E-state index < -0.39 is 29.8 Å². The van der Waals surface area contributed by atoms with Gasteiger partial charge in [0.25, 0.3) is 0 Å². The quantitative estimate of drug-likeness (QED) is 0.649. The lowest BCUT2D eigenvalue weighted by Gasteiger charge is -2.20. The molecule has 1 amide bonds. The number of nitrogens with two attached hydrogens (primary N) is 1. The number of nitrogens with zero attached hydrogens (tertiary/aromatic N) is 3. The molecule has 29 heavy (non-hydrogen) atoms. The lowest BCUT2D eigenvalue weighted by molar-refractivity contribution is -0.140. The highest BCUT2D eigenvalue weighted by atomic mass is 32.1. The fraction of sp³-hybridized carbons (Fsp3) is 0.200. The Morgan fingerprint density at radius 1 is 1.24 bits per heavy atom. The second-order valence-electron chi connectivity index (χ2n) is 6.56. The van der Waals surface area contributed by atoms with Gasteiger partial charge >= 0.3 is 5.97 Å². The van der Waals surface area contributed by atoms with E-state index in [1.54, 1.807) is 6.92 Å². The van der Waals surface area contributed by atoms with E-state index in [0.717, 1.165) is 10.2 Å². The number of primary amides is 1. The van der Waals surface area contributed by atoms with E-state index in [9.17, 15) is 14.0 Å². The number of carbonyl (C=O) groups is 2. The fourth-order valence-corrected chi connectivity index (χ4v) is 3.98. The Balaban J connectivity index is 1.53. The summed E-state index contributed by atoms with van der Waals surface area (Å²) < 4.78 is 19.7. The molecule has 3 aromatic rings. The van der Waals surface area contributed by atoms with Gasteiger partial charge in [-0.15, -0.1) is 11.3 Å². The maximum atomic E-state index is 13.2. The lowest BCUT2D eigenvalue weighted by Crippen LogP contribution is -2.39.